The molecular weight excluding hydrogens is 378 g/mol. The number of methoxy groups -OCH3 is 1. The molecule has 0 aliphatic carbocycles. The summed E-state index contributed by atoms with van der Waals surface area (Å²) in [6, 6.07) is 7.65. The molecule has 23 heavy (non-hydrogen) atoms. The van der Waals surface area contributed by atoms with Crippen LogP contribution < -0.4 is 11.1 Å². The third-order valence-corrected chi connectivity index (χ3v) is 5.72. The van der Waals surface area contributed by atoms with Gasteiger partial charge < -0.3 is 10.1 Å². The lowest BCUT2D eigenvalue weighted by atomic mass is 9.89. The third kappa shape index (κ3) is 2.77. The predicted molar refractivity (Wildman–Crippen MR) is 91.2 cm³/mol. The van der Waals surface area contributed by atoms with Crippen molar-refractivity contribution >= 4 is 33.0 Å². The van der Waals surface area contributed by atoms with Gasteiger partial charge in [0, 0.05) is 31.3 Å². The molecule has 2 atom stereocenters. The van der Waals surface area contributed by atoms with E-state index in [-0.39, 0.29) is 0 Å². The second kappa shape index (κ2) is 6.02. The molecule has 2 unspecified atom stereocenters. The quantitative estimate of drug-likeness (QED) is 0.473. The first-order valence-electron chi connectivity index (χ1n) is 6.80. The molecule has 0 aromatic carbocycles. The van der Waals surface area contributed by atoms with Crippen molar-refractivity contribution in [3.8, 4) is 6.07 Å². The molecule has 0 saturated heterocycles. The number of rotatable bonds is 3. The van der Waals surface area contributed by atoms with E-state index in [1.807, 2.05) is 23.6 Å². The molecule has 3 heterocycles. The van der Waals surface area contributed by atoms with Gasteiger partial charge in [-0.3, -0.25) is 10.7 Å². The number of hydrogen-bond acceptors (Lipinski definition) is 7. The molecule has 1 aliphatic heterocycles. The Kier molecular flexibility index (Phi) is 4.21. The third-order valence-electron chi connectivity index (χ3n) is 3.67. The number of nitrogens with one attached hydrogen (secondary N) is 1. The average molecular weight is 392 g/mol. The summed E-state index contributed by atoms with van der Waals surface area (Å²) in [4.78, 5) is 8.69. The minimum Gasteiger partial charge on any atom is -0.362 e. The van der Waals surface area contributed by atoms with Crippen molar-refractivity contribution in [1.82, 2.24) is 15.3 Å². The fraction of sp³-hybridized carbons (Fsp3) is 0.267. The molecule has 3 N–H and O–H groups in total. The average Bonchev–Trinajstić information content (AvgIpc) is 3.10. The van der Waals surface area contributed by atoms with Crippen molar-refractivity contribution in [3.05, 3.63) is 52.2 Å². The fourth-order valence-corrected chi connectivity index (χ4v) is 4.22. The maximum absolute atomic E-state index is 9.63. The number of nitrogens with zero attached hydrogens (tertiary/aromatic N) is 3. The summed E-state index contributed by atoms with van der Waals surface area (Å²) in [5.74, 6) is 0. The molecule has 8 heteroatoms. The second-order valence-electron chi connectivity index (χ2n) is 5.11. The van der Waals surface area contributed by atoms with Crippen LogP contribution in [0.4, 0.5) is 0 Å². The maximum Gasteiger partial charge on any atom is 0.157 e. The number of alkyl halides is 1. The van der Waals surface area contributed by atoms with Crippen LogP contribution in [0.1, 0.15) is 17.1 Å². The molecule has 1 aliphatic rings. The van der Waals surface area contributed by atoms with Crippen molar-refractivity contribution < 1.29 is 4.74 Å². The van der Waals surface area contributed by atoms with Crippen LogP contribution in [-0.2, 0) is 9.19 Å². The number of nitrogens with two attached hydrogens (primary N) is 1. The number of thiazole rings is 1. The van der Waals surface area contributed by atoms with Crippen LogP contribution in [0.25, 0.3) is 5.70 Å². The van der Waals surface area contributed by atoms with Gasteiger partial charge in [0.15, 0.2) is 5.72 Å². The van der Waals surface area contributed by atoms with Gasteiger partial charge >= 0.3 is 0 Å². The van der Waals surface area contributed by atoms with Crippen molar-refractivity contribution in [1.29, 1.82) is 5.26 Å². The van der Waals surface area contributed by atoms with Gasteiger partial charge in [0.1, 0.15) is 21.1 Å². The molecule has 0 radical (unpaired) electrons. The highest BCUT2D eigenvalue weighted by Gasteiger charge is 2.49. The van der Waals surface area contributed by atoms with Gasteiger partial charge in [-0.25, -0.2) is 4.98 Å². The van der Waals surface area contributed by atoms with Crippen molar-refractivity contribution in [3.63, 3.8) is 0 Å². The molecule has 2 aromatic heterocycles. The molecule has 6 nitrogen and oxygen atoms in total. The SMILES string of the molecule is COC1(N)CC(Br)(c2nccs2)NC(c2ccccn2)=C1C#N. The van der Waals surface area contributed by atoms with Crippen molar-refractivity contribution in [2.45, 2.75) is 16.6 Å². The number of nitriles is 1. The normalized spacial score (nSPS) is 27.4. The van der Waals surface area contributed by atoms with E-state index < -0.39 is 10.2 Å². The first-order chi connectivity index (χ1) is 11.0. The van der Waals surface area contributed by atoms with E-state index in [1.165, 1.54) is 18.4 Å². The van der Waals surface area contributed by atoms with E-state index in [0.717, 1.165) is 5.01 Å². The monoisotopic (exact) mass is 391 g/mol. The molecule has 2 aromatic rings. The number of pyridine rings is 1. The highest BCUT2D eigenvalue weighted by atomic mass is 79.9. The van der Waals surface area contributed by atoms with Gasteiger partial charge in [-0.2, -0.15) is 5.26 Å². The van der Waals surface area contributed by atoms with E-state index in [9.17, 15) is 5.26 Å². The second-order valence-corrected chi connectivity index (χ2v) is 7.36. The Hall–Kier alpha value is -1.79. The Balaban J connectivity index is 2.19. The van der Waals surface area contributed by atoms with Crippen molar-refractivity contribution in [2.24, 2.45) is 5.73 Å². The van der Waals surface area contributed by atoms with Crippen LogP contribution in [0.3, 0.4) is 0 Å². The molecule has 0 bridgehead atoms. The number of aromatic nitrogens is 2. The lowest BCUT2D eigenvalue weighted by Gasteiger charge is -2.42. The van der Waals surface area contributed by atoms with Gasteiger partial charge in [-0.1, -0.05) is 22.0 Å². The van der Waals surface area contributed by atoms with Gasteiger partial charge in [0.05, 0.1) is 11.4 Å². The first-order valence-corrected chi connectivity index (χ1v) is 8.47. The van der Waals surface area contributed by atoms with Crippen molar-refractivity contribution in [2.75, 3.05) is 7.11 Å². The summed E-state index contributed by atoms with van der Waals surface area (Å²) in [7, 11) is 1.49. The van der Waals surface area contributed by atoms with Crippen LogP contribution in [-0.4, -0.2) is 22.8 Å². The van der Waals surface area contributed by atoms with Gasteiger partial charge in [0.25, 0.3) is 0 Å². The minimum absolute atomic E-state index is 0.309. The zero-order valence-corrected chi connectivity index (χ0v) is 14.7. The molecule has 0 amide bonds. The Morgan fingerprint density at radius 2 is 2.26 bits per heavy atom. The topological polar surface area (TPSA) is 96.8 Å². The van der Waals surface area contributed by atoms with E-state index >= 15 is 0 Å². The molecule has 0 saturated carbocycles. The van der Waals surface area contributed by atoms with Crippen LogP contribution in [0.15, 0.2) is 41.5 Å². The van der Waals surface area contributed by atoms with E-state index in [2.05, 4.69) is 37.3 Å². The van der Waals surface area contributed by atoms with E-state index in [4.69, 9.17) is 10.5 Å². The molecule has 0 spiro atoms. The number of hydrogen-bond donors (Lipinski definition) is 2. The Morgan fingerprint density at radius 3 is 2.83 bits per heavy atom. The van der Waals surface area contributed by atoms with Crippen LogP contribution >= 0.6 is 27.3 Å². The minimum atomic E-state index is -1.25. The molecule has 0 fully saturated rings. The Bertz CT molecular complexity index is 773. The summed E-state index contributed by atoms with van der Waals surface area (Å²) < 4.78 is 4.77. The zero-order valence-electron chi connectivity index (χ0n) is 12.3. The molecular formula is C15H14BrN5OS. The van der Waals surface area contributed by atoms with E-state index in [0.29, 0.717) is 23.4 Å². The summed E-state index contributed by atoms with van der Waals surface area (Å²) in [6.45, 7) is 0. The number of halogens is 1. The summed E-state index contributed by atoms with van der Waals surface area (Å²) in [5, 5.41) is 15.6. The summed E-state index contributed by atoms with van der Waals surface area (Å²) in [5.41, 5.74) is 6.62. The maximum atomic E-state index is 9.63. The van der Waals surface area contributed by atoms with Gasteiger partial charge in [-0.15, -0.1) is 11.3 Å². The van der Waals surface area contributed by atoms with Crippen LogP contribution in [0, 0.1) is 11.3 Å². The largest absolute Gasteiger partial charge is 0.362 e. The predicted octanol–water partition coefficient (Wildman–Crippen LogP) is 2.32. The van der Waals surface area contributed by atoms with Gasteiger partial charge in [0.2, 0.25) is 0 Å². The van der Waals surface area contributed by atoms with E-state index in [1.54, 1.807) is 12.4 Å². The zero-order chi connectivity index (χ0) is 16.5. The van der Waals surface area contributed by atoms with Crippen LogP contribution in [0.5, 0.6) is 0 Å². The Morgan fingerprint density at radius 1 is 1.43 bits per heavy atom. The highest BCUT2D eigenvalue weighted by molar-refractivity contribution is 9.09. The lowest BCUT2D eigenvalue weighted by molar-refractivity contribution is 0.00855. The highest BCUT2D eigenvalue weighted by Crippen LogP contribution is 2.45. The lowest BCUT2D eigenvalue weighted by Crippen LogP contribution is -2.56. The summed E-state index contributed by atoms with van der Waals surface area (Å²) >= 11 is 5.19. The van der Waals surface area contributed by atoms with Gasteiger partial charge in [-0.05, 0) is 12.1 Å². The molecule has 118 valence electrons. The van der Waals surface area contributed by atoms with Crippen LogP contribution in [0.2, 0.25) is 0 Å². The Labute approximate surface area is 146 Å². The molecule has 3 rings (SSSR count). The summed E-state index contributed by atoms with van der Waals surface area (Å²) in [6.07, 6.45) is 3.70. The number of ether oxygens (including phenoxy) is 1. The fourth-order valence-electron chi connectivity index (χ4n) is 2.54. The smallest absolute Gasteiger partial charge is 0.157 e. The first kappa shape index (κ1) is 16.1. The standard InChI is InChI=1S/C15H14BrN5OS/c1-22-15(18)9-14(16,13-20-6-7-23-13)21-12(10(15)8-17)11-4-2-3-5-19-11/h2-7,21H,9,18H2,1H3.